The molecule has 5 rings (SSSR count). The number of anilines is 4. The van der Waals surface area contributed by atoms with Crippen molar-refractivity contribution in [1.29, 1.82) is 0 Å². The number of methoxy groups -OCH3 is 1. The first kappa shape index (κ1) is 26.9. The lowest BCUT2D eigenvalue weighted by Gasteiger charge is -2.32. The third-order valence-electron chi connectivity index (χ3n) is 6.40. The minimum absolute atomic E-state index is 0.0700. The maximum Gasteiger partial charge on any atom is 0.320 e. The molecule has 2 aromatic carbocycles. The van der Waals surface area contributed by atoms with E-state index in [1.807, 2.05) is 6.07 Å². The van der Waals surface area contributed by atoms with Crippen molar-refractivity contribution in [3.8, 4) is 11.5 Å². The lowest BCUT2D eigenvalue weighted by atomic mass is 9.93. The molecule has 4 aromatic rings. The van der Waals surface area contributed by atoms with Crippen molar-refractivity contribution in [2.45, 2.75) is 19.3 Å². The Morgan fingerprint density at radius 3 is 2.30 bits per heavy atom. The van der Waals surface area contributed by atoms with Crippen LogP contribution in [0.2, 0.25) is 5.02 Å². The molecule has 0 aliphatic carbocycles. The third-order valence-corrected chi connectivity index (χ3v) is 6.65. The number of nitrogens with one attached hydrogen (secondary N) is 2. The summed E-state index contributed by atoms with van der Waals surface area (Å²) in [5, 5.41) is 14.0. The predicted molar refractivity (Wildman–Crippen MR) is 149 cm³/mol. The molecule has 40 heavy (non-hydrogen) atoms. The van der Waals surface area contributed by atoms with Crippen LogP contribution in [0.15, 0.2) is 71.3 Å². The summed E-state index contributed by atoms with van der Waals surface area (Å²) in [6, 6.07) is 17.9. The van der Waals surface area contributed by atoms with Gasteiger partial charge in [0, 0.05) is 30.2 Å². The number of esters is 1. The smallest absolute Gasteiger partial charge is 0.320 e. The van der Waals surface area contributed by atoms with Crippen molar-refractivity contribution < 1.29 is 23.5 Å². The van der Waals surface area contributed by atoms with Crippen LogP contribution in [0.5, 0.6) is 11.5 Å². The van der Waals surface area contributed by atoms with Crippen molar-refractivity contribution >= 4 is 46.7 Å². The van der Waals surface area contributed by atoms with Gasteiger partial charge in [-0.05, 0) is 79.4 Å². The quantitative estimate of drug-likeness (QED) is 0.245. The zero-order valence-corrected chi connectivity index (χ0v) is 22.4. The molecule has 3 heterocycles. The molecule has 1 amide bonds. The van der Waals surface area contributed by atoms with E-state index in [1.165, 1.54) is 7.11 Å². The van der Waals surface area contributed by atoms with Gasteiger partial charge in [-0.2, -0.15) is 0 Å². The fourth-order valence-electron chi connectivity index (χ4n) is 4.25. The van der Waals surface area contributed by atoms with Crippen molar-refractivity contribution in [3.05, 3.63) is 77.8 Å². The lowest BCUT2D eigenvalue weighted by molar-refractivity contribution is -0.141. The average Bonchev–Trinajstić information content (AvgIpc) is 3.45. The topological polar surface area (TPSA) is 132 Å². The number of rotatable bonds is 9. The summed E-state index contributed by atoms with van der Waals surface area (Å²) in [4.78, 5) is 30.8. The Bertz CT molecular complexity index is 1440. The van der Waals surface area contributed by atoms with Crippen molar-refractivity contribution in [1.82, 2.24) is 15.2 Å². The van der Waals surface area contributed by atoms with Gasteiger partial charge in [-0.3, -0.25) is 9.59 Å². The van der Waals surface area contributed by atoms with E-state index in [9.17, 15) is 9.59 Å². The van der Waals surface area contributed by atoms with Crippen LogP contribution in [0.25, 0.3) is 0 Å². The summed E-state index contributed by atoms with van der Waals surface area (Å²) in [6.07, 6.45) is 3.81. The molecule has 1 aliphatic rings. The maximum atomic E-state index is 12.6. The Kier molecular flexibility index (Phi) is 8.41. The second kappa shape index (κ2) is 12.5. The molecule has 0 spiro atoms. The second-order valence-electron chi connectivity index (χ2n) is 9.19. The number of benzene rings is 2. The SMILES string of the molecule is COC(=O)CC1CCN(c2ccc(NC(=O)c3nnc(Nc4ccc(Oc5ccc(Cl)cc5)cc4)o3)cn2)CC1. The van der Waals surface area contributed by atoms with Crippen molar-refractivity contribution in [2.75, 3.05) is 35.7 Å². The monoisotopic (exact) mass is 562 g/mol. The summed E-state index contributed by atoms with van der Waals surface area (Å²) in [5.41, 5.74) is 1.17. The van der Waals surface area contributed by atoms with E-state index in [0.29, 0.717) is 40.2 Å². The van der Waals surface area contributed by atoms with Gasteiger partial charge in [0.1, 0.15) is 17.3 Å². The van der Waals surface area contributed by atoms with E-state index in [2.05, 4.69) is 30.7 Å². The molecule has 1 aliphatic heterocycles. The molecule has 0 bridgehead atoms. The summed E-state index contributed by atoms with van der Waals surface area (Å²) >= 11 is 5.90. The van der Waals surface area contributed by atoms with E-state index < -0.39 is 5.91 Å². The van der Waals surface area contributed by atoms with Crippen LogP contribution in [0.1, 0.15) is 29.9 Å². The van der Waals surface area contributed by atoms with Crippen LogP contribution in [0.4, 0.5) is 23.2 Å². The first-order valence-corrected chi connectivity index (χ1v) is 13.1. The number of halogens is 1. The van der Waals surface area contributed by atoms with Crippen LogP contribution in [-0.4, -0.2) is 47.3 Å². The number of hydrogen-bond acceptors (Lipinski definition) is 10. The Morgan fingerprint density at radius 2 is 1.65 bits per heavy atom. The van der Waals surface area contributed by atoms with Crippen LogP contribution in [-0.2, 0) is 9.53 Å². The molecule has 0 saturated carbocycles. The van der Waals surface area contributed by atoms with E-state index in [-0.39, 0.29) is 17.9 Å². The molecule has 12 heteroatoms. The first-order chi connectivity index (χ1) is 19.4. The molecule has 0 unspecified atom stereocenters. The van der Waals surface area contributed by atoms with Crippen LogP contribution < -0.4 is 20.3 Å². The van der Waals surface area contributed by atoms with E-state index in [4.69, 9.17) is 25.5 Å². The Balaban J connectivity index is 1.11. The highest BCUT2D eigenvalue weighted by Crippen LogP contribution is 2.27. The summed E-state index contributed by atoms with van der Waals surface area (Å²) in [7, 11) is 1.41. The molecular formula is C28H27ClN6O5. The molecule has 2 N–H and O–H groups in total. The van der Waals surface area contributed by atoms with Gasteiger partial charge in [-0.15, -0.1) is 5.10 Å². The molecule has 1 saturated heterocycles. The van der Waals surface area contributed by atoms with Crippen LogP contribution >= 0.6 is 11.6 Å². The molecule has 2 aromatic heterocycles. The lowest BCUT2D eigenvalue weighted by Crippen LogP contribution is -2.35. The van der Waals surface area contributed by atoms with E-state index in [1.54, 1.807) is 60.8 Å². The predicted octanol–water partition coefficient (Wildman–Crippen LogP) is 5.69. The number of carbonyl (C=O) groups is 2. The minimum atomic E-state index is -0.551. The van der Waals surface area contributed by atoms with Crippen molar-refractivity contribution in [3.63, 3.8) is 0 Å². The highest BCUT2D eigenvalue weighted by Gasteiger charge is 2.23. The maximum absolute atomic E-state index is 12.6. The standard InChI is InChI=1S/C28H27ClN6O5/c1-38-25(36)16-18-12-14-35(15-13-18)24-11-6-21(17-30-24)31-26(37)27-33-34-28(40-27)32-20-4-9-23(10-5-20)39-22-7-2-19(29)3-8-22/h2-11,17-18H,12-16H2,1H3,(H,31,37)(H,32,34). The normalized spacial score (nSPS) is 13.5. The zero-order valence-electron chi connectivity index (χ0n) is 21.7. The number of nitrogens with zero attached hydrogens (tertiary/aromatic N) is 4. The number of ether oxygens (including phenoxy) is 2. The number of carbonyl (C=O) groups excluding carboxylic acids is 2. The minimum Gasteiger partial charge on any atom is -0.469 e. The fraction of sp³-hybridized carbons (Fsp3) is 0.250. The zero-order chi connectivity index (χ0) is 27.9. The summed E-state index contributed by atoms with van der Waals surface area (Å²) in [5.74, 6) is 1.52. The molecular weight excluding hydrogens is 536 g/mol. The Labute approximate surface area is 235 Å². The number of pyridine rings is 1. The first-order valence-electron chi connectivity index (χ1n) is 12.7. The van der Waals surface area contributed by atoms with Gasteiger partial charge < -0.3 is 29.4 Å². The molecule has 0 atom stereocenters. The van der Waals surface area contributed by atoms with E-state index >= 15 is 0 Å². The number of hydrogen-bond donors (Lipinski definition) is 2. The fourth-order valence-corrected chi connectivity index (χ4v) is 4.38. The van der Waals surface area contributed by atoms with Gasteiger partial charge in [-0.1, -0.05) is 16.7 Å². The molecule has 1 fully saturated rings. The Hall–Kier alpha value is -4.64. The Morgan fingerprint density at radius 1 is 0.975 bits per heavy atom. The number of piperidine rings is 1. The third kappa shape index (κ3) is 7.06. The molecule has 0 radical (unpaired) electrons. The number of amides is 1. The van der Waals surface area contributed by atoms with E-state index in [0.717, 1.165) is 31.7 Å². The van der Waals surface area contributed by atoms with Gasteiger partial charge in [0.25, 0.3) is 0 Å². The van der Waals surface area contributed by atoms with Gasteiger partial charge in [0.05, 0.1) is 19.0 Å². The van der Waals surface area contributed by atoms with Crippen LogP contribution in [0.3, 0.4) is 0 Å². The van der Waals surface area contributed by atoms with Gasteiger partial charge in [-0.25, -0.2) is 4.98 Å². The average molecular weight is 563 g/mol. The highest BCUT2D eigenvalue weighted by atomic mass is 35.5. The van der Waals surface area contributed by atoms with Gasteiger partial charge in [0.2, 0.25) is 0 Å². The highest BCUT2D eigenvalue weighted by molar-refractivity contribution is 6.30. The number of aromatic nitrogens is 3. The summed E-state index contributed by atoms with van der Waals surface area (Å²) in [6.45, 7) is 1.60. The van der Waals surface area contributed by atoms with Gasteiger partial charge >= 0.3 is 23.8 Å². The van der Waals surface area contributed by atoms with Crippen LogP contribution in [0, 0.1) is 5.92 Å². The largest absolute Gasteiger partial charge is 0.469 e. The van der Waals surface area contributed by atoms with Crippen molar-refractivity contribution in [2.24, 2.45) is 5.92 Å². The van der Waals surface area contributed by atoms with Gasteiger partial charge in [0.15, 0.2) is 0 Å². The molecule has 206 valence electrons. The summed E-state index contributed by atoms with van der Waals surface area (Å²) < 4.78 is 16.0. The molecule has 11 nitrogen and oxygen atoms in total. The second-order valence-corrected chi connectivity index (χ2v) is 9.62.